The molecule has 1 aromatic carbocycles. The van der Waals surface area contributed by atoms with Gasteiger partial charge in [0.05, 0.1) is 11.0 Å². The van der Waals surface area contributed by atoms with E-state index in [0.29, 0.717) is 5.69 Å². The first-order valence-electron chi connectivity index (χ1n) is 5.98. The highest BCUT2D eigenvalue weighted by atomic mass is 16.1. The van der Waals surface area contributed by atoms with Gasteiger partial charge in [0, 0.05) is 11.6 Å². The molecule has 0 saturated heterocycles. The van der Waals surface area contributed by atoms with Gasteiger partial charge in [0.25, 0.3) is 0 Å². The number of carbonyl (C=O) groups excluding carboxylic acids is 1. The van der Waals surface area contributed by atoms with Gasteiger partial charge in [0.15, 0.2) is 0 Å². The van der Waals surface area contributed by atoms with Gasteiger partial charge in [-0.3, -0.25) is 4.79 Å². The van der Waals surface area contributed by atoms with Gasteiger partial charge in [0.2, 0.25) is 5.91 Å². The van der Waals surface area contributed by atoms with E-state index in [1.807, 2.05) is 30.5 Å². The first-order valence-corrected chi connectivity index (χ1v) is 5.98. The summed E-state index contributed by atoms with van der Waals surface area (Å²) in [6.07, 6.45) is 0. The van der Waals surface area contributed by atoms with E-state index in [0.717, 1.165) is 16.9 Å². The molecule has 18 heavy (non-hydrogen) atoms. The predicted octanol–water partition coefficient (Wildman–Crippen LogP) is 1.79. The van der Waals surface area contributed by atoms with Gasteiger partial charge in [-0.15, -0.1) is 0 Å². The molecule has 5 heteroatoms. The summed E-state index contributed by atoms with van der Waals surface area (Å²) in [5.41, 5.74) is 13.5. The Kier molecular flexibility index (Phi) is 2.98. The highest BCUT2D eigenvalue weighted by Crippen LogP contribution is 2.27. The van der Waals surface area contributed by atoms with E-state index in [1.54, 1.807) is 13.0 Å². The third-order valence-electron chi connectivity index (χ3n) is 3.06. The van der Waals surface area contributed by atoms with Gasteiger partial charge in [-0.25, -0.2) is 4.98 Å². The quantitative estimate of drug-likeness (QED) is 0.809. The number of hydrogen-bond donors (Lipinski definition) is 2. The highest BCUT2D eigenvalue weighted by Gasteiger charge is 2.21. The lowest BCUT2D eigenvalue weighted by atomic mass is 10.2. The van der Waals surface area contributed by atoms with Gasteiger partial charge < -0.3 is 16.0 Å². The van der Waals surface area contributed by atoms with Crippen LogP contribution in [-0.4, -0.2) is 15.5 Å². The van der Waals surface area contributed by atoms with Gasteiger partial charge >= 0.3 is 0 Å². The normalized spacial score (nSPS) is 13.1. The molecule has 1 atom stereocenters. The zero-order chi connectivity index (χ0) is 13.4. The molecule has 0 aliphatic rings. The number of nitrogens with two attached hydrogens (primary N) is 2. The number of nitrogen functional groups attached to an aromatic ring is 1. The van der Waals surface area contributed by atoms with E-state index in [9.17, 15) is 4.79 Å². The summed E-state index contributed by atoms with van der Waals surface area (Å²) in [6.45, 7) is 5.86. The Morgan fingerprint density at radius 3 is 2.56 bits per heavy atom. The van der Waals surface area contributed by atoms with Crippen LogP contribution in [0.2, 0.25) is 0 Å². The molecule has 2 rings (SSSR count). The summed E-state index contributed by atoms with van der Waals surface area (Å²) in [4.78, 5) is 16.0. The second-order valence-electron chi connectivity index (χ2n) is 4.82. The molecule has 5 nitrogen and oxygen atoms in total. The number of aromatic nitrogens is 2. The number of benzene rings is 1. The molecular weight excluding hydrogens is 228 g/mol. The van der Waals surface area contributed by atoms with Crippen molar-refractivity contribution in [3.05, 3.63) is 24.0 Å². The second kappa shape index (κ2) is 4.33. The van der Waals surface area contributed by atoms with Crippen LogP contribution >= 0.6 is 0 Å². The summed E-state index contributed by atoms with van der Waals surface area (Å²) >= 11 is 0. The number of primary amides is 1. The van der Waals surface area contributed by atoms with Crippen LogP contribution in [0.3, 0.4) is 0 Å². The van der Waals surface area contributed by atoms with Crippen molar-refractivity contribution < 1.29 is 4.79 Å². The van der Waals surface area contributed by atoms with Crippen molar-refractivity contribution in [2.75, 3.05) is 5.73 Å². The van der Waals surface area contributed by atoms with E-state index in [-0.39, 0.29) is 11.8 Å². The average molecular weight is 246 g/mol. The minimum absolute atomic E-state index is 0.209. The number of amides is 1. The third-order valence-corrected chi connectivity index (χ3v) is 3.06. The zero-order valence-electron chi connectivity index (χ0n) is 10.8. The second-order valence-corrected chi connectivity index (χ2v) is 4.82. The molecule has 2 aromatic rings. The van der Waals surface area contributed by atoms with Crippen molar-refractivity contribution in [1.82, 2.24) is 9.55 Å². The lowest BCUT2D eigenvalue weighted by Crippen LogP contribution is -2.25. The molecule has 1 unspecified atom stereocenters. The fraction of sp³-hybridized carbons (Fsp3) is 0.385. The van der Waals surface area contributed by atoms with Crippen LogP contribution in [-0.2, 0) is 4.79 Å². The highest BCUT2D eigenvalue weighted by molar-refractivity contribution is 5.84. The van der Waals surface area contributed by atoms with Gasteiger partial charge in [0.1, 0.15) is 11.9 Å². The number of rotatable bonds is 3. The predicted molar refractivity (Wildman–Crippen MR) is 72.1 cm³/mol. The molecule has 0 fully saturated rings. The van der Waals surface area contributed by atoms with Crippen molar-refractivity contribution in [3.8, 4) is 0 Å². The number of carbonyl (C=O) groups is 1. The Labute approximate surface area is 106 Å². The molecule has 0 bridgehead atoms. The lowest BCUT2D eigenvalue weighted by Gasteiger charge is -2.16. The number of fused-ring (bicyclic) bond motifs is 1. The Balaban J connectivity index is 2.74. The molecule has 0 radical (unpaired) electrons. The molecule has 1 aromatic heterocycles. The standard InChI is InChI=1S/C13H18N4O/c1-7(2)13-16-10-6-9(14)4-5-11(10)17(13)8(3)12(15)18/h4-8H,14H2,1-3H3,(H2,15,18). The minimum atomic E-state index is -0.420. The Bertz CT molecular complexity index is 600. The largest absolute Gasteiger partial charge is 0.399 e. The van der Waals surface area contributed by atoms with Crippen LogP contribution in [0.1, 0.15) is 38.6 Å². The maximum absolute atomic E-state index is 11.4. The molecule has 4 N–H and O–H groups in total. The number of nitrogens with zero attached hydrogens (tertiary/aromatic N) is 2. The molecule has 0 spiro atoms. The van der Waals surface area contributed by atoms with E-state index in [1.165, 1.54) is 0 Å². The number of imidazole rings is 1. The Morgan fingerprint density at radius 2 is 2.00 bits per heavy atom. The Morgan fingerprint density at radius 1 is 1.33 bits per heavy atom. The molecule has 96 valence electrons. The molecular formula is C13H18N4O. The topological polar surface area (TPSA) is 86.9 Å². The van der Waals surface area contributed by atoms with Crippen LogP contribution in [0.5, 0.6) is 0 Å². The smallest absolute Gasteiger partial charge is 0.240 e. The number of anilines is 1. The summed E-state index contributed by atoms with van der Waals surface area (Å²) in [5.74, 6) is 0.690. The molecule has 1 amide bonds. The molecule has 0 aliphatic carbocycles. The fourth-order valence-electron chi connectivity index (χ4n) is 2.08. The van der Waals surface area contributed by atoms with Crippen molar-refractivity contribution in [3.63, 3.8) is 0 Å². The first-order chi connectivity index (χ1) is 8.41. The average Bonchev–Trinajstić information content (AvgIpc) is 2.66. The monoisotopic (exact) mass is 246 g/mol. The van der Waals surface area contributed by atoms with Crippen LogP contribution in [0.4, 0.5) is 5.69 Å². The molecule has 0 aliphatic heterocycles. The summed E-state index contributed by atoms with van der Waals surface area (Å²) < 4.78 is 1.89. The van der Waals surface area contributed by atoms with Gasteiger partial charge in [-0.05, 0) is 25.1 Å². The zero-order valence-corrected chi connectivity index (χ0v) is 10.8. The first kappa shape index (κ1) is 12.4. The maximum atomic E-state index is 11.4. The van der Waals surface area contributed by atoms with Crippen LogP contribution in [0.15, 0.2) is 18.2 Å². The van der Waals surface area contributed by atoms with Crippen molar-refractivity contribution in [2.24, 2.45) is 5.73 Å². The van der Waals surface area contributed by atoms with Crippen molar-refractivity contribution >= 4 is 22.6 Å². The fourth-order valence-corrected chi connectivity index (χ4v) is 2.08. The van der Waals surface area contributed by atoms with Crippen LogP contribution in [0, 0.1) is 0 Å². The summed E-state index contributed by atoms with van der Waals surface area (Å²) in [5, 5.41) is 0. The van der Waals surface area contributed by atoms with E-state index < -0.39 is 6.04 Å². The SMILES string of the molecule is CC(C)c1nc2cc(N)ccc2n1C(C)C(N)=O. The summed E-state index contributed by atoms with van der Waals surface area (Å²) in [6, 6.07) is 5.07. The van der Waals surface area contributed by atoms with Gasteiger partial charge in [-0.1, -0.05) is 13.8 Å². The molecule has 0 saturated carbocycles. The maximum Gasteiger partial charge on any atom is 0.240 e. The van der Waals surface area contributed by atoms with E-state index in [2.05, 4.69) is 4.98 Å². The third kappa shape index (κ3) is 1.92. The molecule has 1 heterocycles. The van der Waals surface area contributed by atoms with Gasteiger partial charge in [-0.2, -0.15) is 0 Å². The summed E-state index contributed by atoms with van der Waals surface area (Å²) in [7, 11) is 0. The van der Waals surface area contributed by atoms with Crippen LogP contribution in [0.25, 0.3) is 11.0 Å². The minimum Gasteiger partial charge on any atom is -0.399 e. The number of hydrogen-bond acceptors (Lipinski definition) is 3. The van der Waals surface area contributed by atoms with E-state index >= 15 is 0 Å². The van der Waals surface area contributed by atoms with Crippen molar-refractivity contribution in [2.45, 2.75) is 32.7 Å². The lowest BCUT2D eigenvalue weighted by molar-refractivity contribution is -0.120. The van der Waals surface area contributed by atoms with E-state index in [4.69, 9.17) is 11.5 Å². The van der Waals surface area contributed by atoms with Crippen LogP contribution < -0.4 is 11.5 Å². The Hall–Kier alpha value is -2.04. The van der Waals surface area contributed by atoms with Crippen molar-refractivity contribution in [1.29, 1.82) is 0 Å².